The topological polar surface area (TPSA) is 58.6 Å². The number of nitrogens with one attached hydrogen (secondary N) is 1. The zero-order chi connectivity index (χ0) is 13.7. The lowest BCUT2D eigenvalue weighted by molar-refractivity contribution is 0.0968. The molecular formula is C13H27ClN2O3S. The molecule has 2 aliphatic heterocycles. The highest BCUT2D eigenvalue weighted by Crippen LogP contribution is 2.26. The number of ether oxygens (including phenoxy) is 1. The monoisotopic (exact) mass is 326 g/mol. The van der Waals surface area contributed by atoms with Gasteiger partial charge in [-0.25, -0.2) is 12.7 Å². The molecule has 2 rings (SSSR count). The van der Waals surface area contributed by atoms with Crippen LogP contribution in [0.1, 0.15) is 32.1 Å². The average molecular weight is 327 g/mol. The van der Waals surface area contributed by atoms with E-state index in [1.165, 1.54) is 0 Å². The first-order chi connectivity index (χ1) is 9.14. The summed E-state index contributed by atoms with van der Waals surface area (Å²) in [5, 5.41) is 2.85. The van der Waals surface area contributed by atoms with Crippen LogP contribution >= 0.6 is 12.4 Å². The van der Waals surface area contributed by atoms with Gasteiger partial charge in [-0.3, -0.25) is 0 Å². The van der Waals surface area contributed by atoms with Gasteiger partial charge in [-0.05, 0) is 51.6 Å². The highest BCUT2D eigenvalue weighted by molar-refractivity contribution is 7.89. The molecule has 0 aromatic carbocycles. The third kappa shape index (κ3) is 4.56. The molecule has 2 saturated heterocycles. The molecule has 0 spiro atoms. The van der Waals surface area contributed by atoms with Crippen LogP contribution in [0.5, 0.6) is 0 Å². The van der Waals surface area contributed by atoms with Gasteiger partial charge in [0.15, 0.2) is 0 Å². The van der Waals surface area contributed by atoms with E-state index in [2.05, 4.69) is 5.32 Å². The zero-order valence-electron chi connectivity index (χ0n) is 12.2. The van der Waals surface area contributed by atoms with Crippen molar-refractivity contribution in [2.75, 3.05) is 39.9 Å². The van der Waals surface area contributed by atoms with Crippen molar-refractivity contribution in [1.29, 1.82) is 0 Å². The third-order valence-corrected chi connectivity index (χ3v) is 6.57. The predicted molar refractivity (Wildman–Crippen MR) is 82.8 cm³/mol. The van der Waals surface area contributed by atoms with E-state index in [0.717, 1.165) is 38.6 Å². The van der Waals surface area contributed by atoms with Crippen LogP contribution in [0.15, 0.2) is 0 Å². The second kappa shape index (κ2) is 8.54. The lowest BCUT2D eigenvalue weighted by atomic mass is 9.95. The van der Waals surface area contributed by atoms with Crippen LogP contribution in [0, 0.1) is 5.92 Å². The first-order valence-corrected chi connectivity index (χ1v) is 8.86. The average Bonchev–Trinajstić information content (AvgIpc) is 2.46. The van der Waals surface area contributed by atoms with E-state index >= 15 is 0 Å². The minimum Gasteiger partial charge on any atom is -0.380 e. The summed E-state index contributed by atoms with van der Waals surface area (Å²) in [6.45, 7) is 3.48. The Kier molecular flexibility index (Phi) is 7.75. The molecule has 1 N–H and O–H groups in total. The third-order valence-electron chi connectivity index (χ3n) is 4.28. The fourth-order valence-corrected chi connectivity index (χ4v) is 4.83. The number of halogens is 1. The number of sulfonamides is 1. The molecule has 2 heterocycles. The molecule has 2 aliphatic rings. The zero-order valence-corrected chi connectivity index (χ0v) is 13.8. The van der Waals surface area contributed by atoms with Crippen molar-refractivity contribution >= 4 is 22.4 Å². The second-order valence-electron chi connectivity index (χ2n) is 5.62. The Hall–Kier alpha value is 0.120. The first kappa shape index (κ1) is 18.2. The van der Waals surface area contributed by atoms with Gasteiger partial charge in [-0.15, -0.1) is 12.4 Å². The molecule has 0 saturated carbocycles. The maximum absolute atomic E-state index is 12.5. The van der Waals surface area contributed by atoms with E-state index < -0.39 is 10.0 Å². The normalized spacial score (nSPS) is 26.1. The molecule has 0 aliphatic carbocycles. The summed E-state index contributed by atoms with van der Waals surface area (Å²) in [6, 6.07) is 0. The summed E-state index contributed by atoms with van der Waals surface area (Å²) in [4.78, 5) is 0. The van der Waals surface area contributed by atoms with Gasteiger partial charge in [-0.2, -0.15) is 0 Å². The maximum atomic E-state index is 12.5. The van der Waals surface area contributed by atoms with Crippen LogP contribution in [0.3, 0.4) is 0 Å². The van der Waals surface area contributed by atoms with E-state index in [1.807, 2.05) is 7.05 Å². The Bertz CT molecular complexity index is 364. The van der Waals surface area contributed by atoms with Gasteiger partial charge in [0, 0.05) is 19.7 Å². The van der Waals surface area contributed by atoms with Gasteiger partial charge < -0.3 is 10.1 Å². The molecule has 7 heteroatoms. The van der Waals surface area contributed by atoms with Crippen LogP contribution < -0.4 is 5.32 Å². The summed E-state index contributed by atoms with van der Waals surface area (Å²) in [5.41, 5.74) is 0. The lowest BCUT2D eigenvalue weighted by Crippen LogP contribution is -2.46. The molecule has 0 aromatic heterocycles. The van der Waals surface area contributed by atoms with Crippen molar-refractivity contribution in [3.63, 3.8) is 0 Å². The van der Waals surface area contributed by atoms with Crippen LogP contribution in [-0.2, 0) is 14.8 Å². The molecule has 1 atom stereocenters. The molecule has 0 radical (unpaired) electrons. The van der Waals surface area contributed by atoms with Gasteiger partial charge in [0.2, 0.25) is 10.0 Å². The number of piperidine rings is 1. The maximum Gasteiger partial charge on any atom is 0.219 e. The van der Waals surface area contributed by atoms with Gasteiger partial charge in [0.25, 0.3) is 0 Å². The minimum atomic E-state index is -3.14. The minimum absolute atomic E-state index is 0. The van der Waals surface area contributed by atoms with E-state index in [9.17, 15) is 8.42 Å². The summed E-state index contributed by atoms with van der Waals surface area (Å²) < 4.78 is 32.0. The van der Waals surface area contributed by atoms with E-state index in [1.54, 1.807) is 4.31 Å². The number of hydrogen-bond acceptors (Lipinski definition) is 4. The molecule has 0 amide bonds. The summed E-state index contributed by atoms with van der Waals surface area (Å²) in [5.74, 6) is 0.668. The largest absolute Gasteiger partial charge is 0.380 e. The molecule has 1 unspecified atom stereocenters. The molecule has 2 fully saturated rings. The number of hydrogen-bond donors (Lipinski definition) is 1. The fourth-order valence-electron chi connectivity index (χ4n) is 2.96. The standard InChI is InChI=1S/C13H26N2O3S.ClH/c1-14-7-4-12-5-8-15(9-6-12)19(16,17)13-3-2-10-18-11-13;/h12-14H,2-11H2,1H3;1H. The van der Waals surface area contributed by atoms with Crippen molar-refractivity contribution in [3.05, 3.63) is 0 Å². The van der Waals surface area contributed by atoms with Crippen molar-refractivity contribution in [1.82, 2.24) is 9.62 Å². The quantitative estimate of drug-likeness (QED) is 0.826. The Labute approximate surface area is 128 Å². The van der Waals surface area contributed by atoms with Crippen LogP contribution in [0.25, 0.3) is 0 Å². The molecule has 5 nitrogen and oxygen atoms in total. The first-order valence-electron chi connectivity index (χ1n) is 7.36. The summed E-state index contributed by atoms with van der Waals surface area (Å²) >= 11 is 0. The second-order valence-corrected chi connectivity index (χ2v) is 7.83. The van der Waals surface area contributed by atoms with Gasteiger partial charge in [0.05, 0.1) is 11.9 Å². The fraction of sp³-hybridized carbons (Fsp3) is 1.00. The molecule has 0 bridgehead atoms. The number of rotatable bonds is 5. The van der Waals surface area contributed by atoms with Gasteiger partial charge in [0.1, 0.15) is 0 Å². The Balaban J connectivity index is 0.00000200. The number of nitrogens with zero attached hydrogens (tertiary/aromatic N) is 1. The van der Waals surface area contributed by atoms with Crippen molar-refractivity contribution in [3.8, 4) is 0 Å². The Morgan fingerprint density at radius 3 is 2.50 bits per heavy atom. The van der Waals surface area contributed by atoms with Crippen LogP contribution in [-0.4, -0.2) is 57.9 Å². The smallest absolute Gasteiger partial charge is 0.219 e. The molecule has 0 aromatic rings. The SMILES string of the molecule is CNCCC1CCN(S(=O)(=O)C2CCCOC2)CC1.Cl. The summed E-state index contributed by atoms with van der Waals surface area (Å²) in [6.07, 6.45) is 4.75. The predicted octanol–water partition coefficient (Wildman–Crippen LogP) is 1.24. The Morgan fingerprint density at radius 2 is 1.95 bits per heavy atom. The van der Waals surface area contributed by atoms with Crippen LogP contribution in [0.4, 0.5) is 0 Å². The van der Waals surface area contributed by atoms with Gasteiger partial charge >= 0.3 is 0 Å². The van der Waals surface area contributed by atoms with Crippen LogP contribution in [0.2, 0.25) is 0 Å². The summed E-state index contributed by atoms with van der Waals surface area (Å²) in [7, 11) is -1.18. The highest BCUT2D eigenvalue weighted by Gasteiger charge is 2.35. The van der Waals surface area contributed by atoms with E-state index in [-0.39, 0.29) is 17.7 Å². The molecular weight excluding hydrogens is 300 g/mol. The molecule has 120 valence electrons. The Morgan fingerprint density at radius 1 is 1.25 bits per heavy atom. The van der Waals surface area contributed by atoms with Crippen molar-refractivity contribution in [2.45, 2.75) is 37.4 Å². The molecule has 20 heavy (non-hydrogen) atoms. The van der Waals surface area contributed by atoms with E-state index in [0.29, 0.717) is 32.2 Å². The van der Waals surface area contributed by atoms with Crippen molar-refractivity contribution in [2.24, 2.45) is 5.92 Å². The highest BCUT2D eigenvalue weighted by atomic mass is 35.5. The lowest BCUT2D eigenvalue weighted by Gasteiger charge is -2.34. The van der Waals surface area contributed by atoms with Crippen molar-refractivity contribution < 1.29 is 13.2 Å². The van der Waals surface area contributed by atoms with E-state index in [4.69, 9.17) is 4.74 Å². The van der Waals surface area contributed by atoms with Gasteiger partial charge in [-0.1, -0.05) is 0 Å².